The molecule has 2 amide bonds. The highest BCUT2D eigenvalue weighted by atomic mass is 16.4. The van der Waals surface area contributed by atoms with Gasteiger partial charge in [-0.2, -0.15) is 0 Å². The van der Waals surface area contributed by atoms with Gasteiger partial charge in [-0.25, -0.2) is 0 Å². The molecule has 1 atom stereocenters. The summed E-state index contributed by atoms with van der Waals surface area (Å²) in [6.45, 7) is 0.408. The average molecular weight is 239 g/mol. The van der Waals surface area contributed by atoms with Crippen LogP contribution < -0.4 is 11.1 Å². The second-order valence-electron chi connectivity index (χ2n) is 3.73. The Hall–Kier alpha value is -1.96. The summed E-state index contributed by atoms with van der Waals surface area (Å²) < 4.78 is 5.21. The third-order valence-corrected chi connectivity index (χ3v) is 2.50. The lowest BCUT2D eigenvalue weighted by Gasteiger charge is -2.08. The predicted molar refractivity (Wildman–Crippen MR) is 56.9 cm³/mol. The highest BCUT2D eigenvalue weighted by molar-refractivity contribution is 6.06. The molecule has 1 aliphatic heterocycles. The summed E-state index contributed by atoms with van der Waals surface area (Å²) in [6, 6.07) is -0.492. The number of likely N-dealkylation sites (N-methyl/N-ethyl adjacent to an activating group) is 1. The van der Waals surface area contributed by atoms with Crippen LogP contribution >= 0.6 is 0 Å². The van der Waals surface area contributed by atoms with Crippen LogP contribution in [-0.2, 0) is 16.0 Å². The van der Waals surface area contributed by atoms with Gasteiger partial charge in [0.2, 0.25) is 11.8 Å². The first kappa shape index (κ1) is 11.5. The number of aromatic nitrogens is 2. The molecule has 0 spiro atoms. The monoisotopic (exact) mass is 239 g/mol. The van der Waals surface area contributed by atoms with Gasteiger partial charge < -0.3 is 15.5 Å². The van der Waals surface area contributed by atoms with Crippen molar-refractivity contribution in [1.82, 2.24) is 15.1 Å². The van der Waals surface area contributed by atoms with Crippen molar-refractivity contribution in [3.8, 4) is 0 Å². The summed E-state index contributed by atoms with van der Waals surface area (Å²) >= 11 is 0. The summed E-state index contributed by atoms with van der Waals surface area (Å²) in [5.74, 6) is -0.122. The normalized spacial score (nSPS) is 20.1. The summed E-state index contributed by atoms with van der Waals surface area (Å²) in [5.41, 5.74) is 5.34. The van der Waals surface area contributed by atoms with E-state index in [2.05, 4.69) is 15.5 Å². The fourth-order valence-electron chi connectivity index (χ4n) is 1.55. The number of carbonyl (C=O) groups is 2. The average Bonchev–Trinajstić information content (AvgIpc) is 2.82. The lowest BCUT2D eigenvalue weighted by atomic mass is 10.2. The molecule has 92 valence electrons. The van der Waals surface area contributed by atoms with E-state index in [0.717, 1.165) is 4.90 Å². The molecule has 1 aromatic heterocycles. The Balaban J connectivity index is 2.01. The van der Waals surface area contributed by atoms with E-state index in [0.29, 0.717) is 18.9 Å². The van der Waals surface area contributed by atoms with Crippen molar-refractivity contribution in [1.29, 1.82) is 0 Å². The Morgan fingerprint density at radius 1 is 1.53 bits per heavy atom. The Labute approximate surface area is 97.2 Å². The Kier molecular flexibility index (Phi) is 3.05. The fraction of sp³-hybridized carbons (Fsp3) is 0.556. The maximum atomic E-state index is 11.6. The van der Waals surface area contributed by atoms with Gasteiger partial charge in [-0.15, -0.1) is 5.10 Å². The van der Waals surface area contributed by atoms with Crippen molar-refractivity contribution in [3.05, 3.63) is 5.89 Å². The van der Waals surface area contributed by atoms with E-state index >= 15 is 0 Å². The van der Waals surface area contributed by atoms with Gasteiger partial charge in [0, 0.05) is 20.0 Å². The van der Waals surface area contributed by atoms with Crippen molar-refractivity contribution < 1.29 is 14.0 Å². The third-order valence-electron chi connectivity index (χ3n) is 2.50. The molecule has 0 saturated carbocycles. The van der Waals surface area contributed by atoms with Crippen LogP contribution in [0.2, 0.25) is 0 Å². The van der Waals surface area contributed by atoms with Crippen LogP contribution in [0.25, 0.3) is 0 Å². The van der Waals surface area contributed by atoms with Crippen molar-refractivity contribution in [2.75, 3.05) is 18.9 Å². The number of hydrogen-bond donors (Lipinski definition) is 2. The number of imide groups is 1. The molecule has 8 heteroatoms. The molecule has 1 aromatic rings. The molecule has 8 nitrogen and oxygen atoms in total. The molecule has 2 heterocycles. The van der Waals surface area contributed by atoms with Crippen LogP contribution in [0.1, 0.15) is 12.3 Å². The van der Waals surface area contributed by atoms with E-state index in [4.69, 9.17) is 10.2 Å². The number of nitrogens with one attached hydrogen (secondary N) is 1. The van der Waals surface area contributed by atoms with Crippen LogP contribution in [0.5, 0.6) is 0 Å². The van der Waals surface area contributed by atoms with Crippen molar-refractivity contribution >= 4 is 17.8 Å². The molecule has 1 aliphatic rings. The smallest absolute Gasteiger partial charge is 0.316 e. The van der Waals surface area contributed by atoms with Gasteiger partial charge in [0.25, 0.3) is 5.91 Å². The Morgan fingerprint density at radius 3 is 2.88 bits per heavy atom. The number of nitrogens with two attached hydrogens (primary N) is 1. The summed E-state index contributed by atoms with van der Waals surface area (Å²) in [6.07, 6.45) is 0.579. The van der Waals surface area contributed by atoms with Gasteiger partial charge in [-0.1, -0.05) is 5.10 Å². The van der Waals surface area contributed by atoms with E-state index in [1.165, 1.54) is 7.05 Å². The van der Waals surface area contributed by atoms with E-state index in [9.17, 15) is 9.59 Å². The molecule has 1 saturated heterocycles. The number of likely N-dealkylation sites (tertiary alicyclic amines) is 1. The van der Waals surface area contributed by atoms with Crippen LogP contribution in [0.4, 0.5) is 6.01 Å². The molecule has 0 aromatic carbocycles. The highest BCUT2D eigenvalue weighted by Gasteiger charge is 2.36. The quantitative estimate of drug-likeness (QED) is 0.630. The van der Waals surface area contributed by atoms with Gasteiger partial charge >= 0.3 is 6.01 Å². The first-order valence-electron chi connectivity index (χ1n) is 5.21. The molecule has 0 radical (unpaired) electrons. The number of hydrogen-bond acceptors (Lipinski definition) is 7. The van der Waals surface area contributed by atoms with Crippen LogP contribution in [0.15, 0.2) is 4.42 Å². The number of carbonyl (C=O) groups excluding carboxylic acids is 2. The second-order valence-corrected chi connectivity index (χ2v) is 3.73. The minimum atomic E-state index is -0.626. The standard InChI is InChI=1S/C9H13N5O3/c1-14-7(15)4-5(8(14)16)11-9-13-12-6(17-9)2-3-10/h5H,2-4,10H2,1H3,(H,11,13). The zero-order valence-electron chi connectivity index (χ0n) is 9.34. The van der Waals surface area contributed by atoms with E-state index in [1.54, 1.807) is 0 Å². The fourth-order valence-corrected chi connectivity index (χ4v) is 1.55. The van der Waals surface area contributed by atoms with Crippen molar-refractivity contribution in [3.63, 3.8) is 0 Å². The summed E-state index contributed by atoms with van der Waals surface area (Å²) in [4.78, 5) is 23.9. The molecule has 2 rings (SSSR count). The van der Waals surface area contributed by atoms with Crippen molar-refractivity contribution in [2.45, 2.75) is 18.9 Å². The van der Waals surface area contributed by atoms with Crippen LogP contribution in [0, 0.1) is 0 Å². The largest absolute Gasteiger partial charge is 0.408 e. The van der Waals surface area contributed by atoms with Crippen LogP contribution in [0.3, 0.4) is 0 Å². The topological polar surface area (TPSA) is 114 Å². The summed E-state index contributed by atoms with van der Waals surface area (Å²) in [7, 11) is 1.44. The van der Waals surface area contributed by atoms with Gasteiger partial charge in [0.05, 0.1) is 6.42 Å². The number of amides is 2. The van der Waals surface area contributed by atoms with Crippen LogP contribution in [-0.4, -0.2) is 46.5 Å². The lowest BCUT2D eigenvalue weighted by Crippen LogP contribution is -2.31. The molecule has 1 unspecified atom stereocenters. The zero-order valence-corrected chi connectivity index (χ0v) is 9.34. The predicted octanol–water partition coefficient (Wildman–Crippen LogP) is -1.26. The zero-order chi connectivity index (χ0) is 12.4. The molecular weight excluding hydrogens is 226 g/mol. The third kappa shape index (κ3) is 2.26. The maximum Gasteiger partial charge on any atom is 0.316 e. The first-order chi connectivity index (χ1) is 8.11. The van der Waals surface area contributed by atoms with Crippen molar-refractivity contribution in [2.24, 2.45) is 5.73 Å². The molecule has 0 aliphatic carbocycles. The number of rotatable bonds is 4. The minimum absolute atomic E-state index is 0.101. The SMILES string of the molecule is CN1C(=O)CC(Nc2nnc(CCN)o2)C1=O. The van der Waals surface area contributed by atoms with Gasteiger partial charge in [-0.05, 0) is 0 Å². The molecule has 1 fully saturated rings. The Bertz CT molecular complexity index is 444. The molecule has 17 heavy (non-hydrogen) atoms. The number of anilines is 1. The lowest BCUT2D eigenvalue weighted by molar-refractivity contribution is -0.136. The molecule has 0 bridgehead atoms. The Morgan fingerprint density at radius 2 is 2.29 bits per heavy atom. The second kappa shape index (κ2) is 4.50. The van der Waals surface area contributed by atoms with Gasteiger partial charge in [-0.3, -0.25) is 14.5 Å². The molecular formula is C9H13N5O3. The molecule has 3 N–H and O–H groups in total. The minimum Gasteiger partial charge on any atom is -0.408 e. The highest BCUT2D eigenvalue weighted by Crippen LogP contribution is 2.16. The summed E-state index contributed by atoms with van der Waals surface area (Å²) in [5, 5.41) is 10.2. The first-order valence-corrected chi connectivity index (χ1v) is 5.21. The maximum absolute atomic E-state index is 11.6. The number of nitrogens with zero attached hydrogens (tertiary/aromatic N) is 3. The van der Waals surface area contributed by atoms with Gasteiger partial charge in [0.15, 0.2) is 0 Å². The van der Waals surface area contributed by atoms with Gasteiger partial charge in [0.1, 0.15) is 6.04 Å². The van der Waals surface area contributed by atoms with E-state index < -0.39 is 6.04 Å². The van der Waals surface area contributed by atoms with E-state index in [1.807, 2.05) is 0 Å². The van der Waals surface area contributed by atoms with E-state index in [-0.39, 0.29) is 24.2 Å².